The maximum atomic E-state index is 11.9. The predicted octanol–water partition coefficient (Wildman–Crippen LogP) is 1.62. The molecule has 0 amide bonds. The first-order valence-electron chi connectivity index (χ1n) is 5.28. The van der Waals surface area contributed by atoms with E-state index in [0.717, 1.165) is 6.07 Å². The lowest BCUT2D eigenvalue weighted by atomic mass is 10.2. The Bertz CT molecular complexity index is 622. The van der Waals surface area contributed by atoms with E-state index in [0.29, 0.717) is 6.42 Å². The van der Waals surface area contributed by atoms with E-state index < -0.39 is 16.0 Å². The van der Waals surface area contributed by atoms with Gasteiger partial charge in [-0.2, -0.15) is 5.26 Å². The number of carboxylic acid groups (broad SMARTS) is 1. The van der Waals surface area contributed by atoms with Crippen molar-refractivity contribution in [1.29, 1.82) is 5.26 Å². The van der Waals surface area contributed by atoms with Crippen molar-refractivity contribution in [3.63, 3.8) is 0 Å². The average molecular weight is 303 g/mol. The average Bonchev–Trinajstić information content (AvgIpc) is 2.34. The molecule has 0 saturated heterocycles. The Morgan fingerprint density at radius 1 is 1.47 bits per heavy atom. The van der Waals surface area contributed by atoms with Gasteiger partial charge in [0.1, 0.15) is 4.90 Å². The van der Waals surface area contributed by atoms with Crippen LogP contribution in [0.1, 0.15) is 23.2 Å². The number of hydrogen-bond donors (Lipinski definition) is 2. The smallest absolute Gasteiger partial charge is 0.335 e. The lowest BCUT2D eigenvalue weighted by Crippen LogP contribution is -2.25. The zero-order valence-electron chi connectivity index (χ0n) is 9.76. The lowest BCUT2D eigenvalue weighted by Gasteiger charge is -2.08. The summed E-state index contributed by atoms with van der Waals surface area (Å²) in [5, 5.41) is 17.1. The number of carboxylic acids is 1. The van der Waals surface area contributed by atoms with E-state index in [1.54, 1.807) is 0 Å². The quantitative estimate of drug-likeness (QED) is 0.776. The maximum absolute atomic E-state index is 11.9. The van der Waals surface area contributed by atoms with Gasteiger partial charge in [-0.25, -0.2) is 17.9 Å². The minimum absolute atomic E-state index is 0.0576. The van der Waals surface area contributed by atoms with Crippen LogP contribution in [0.3, 0.4) is 0 Å². The predicted molar refractivity (Wildman–Crippen MR) is 68.4 cm³/mol. The molecule has 0 fully saturated rings. The highest BCUT2D eigenvalue weighted by atomic mass is 35.5. The van der Waals surface area contributed by atoms with E-state index in [1.165, 1.54) is 12.1 Å². The first kappa shape index (κ1) is 15.4. The fourth-order valence-corrected chi connectivity index (χ4v) is 2.89. The summed E-state index contributed by atoms with van der Waals surface area (Å²) in [5.41, 5.74) is -0.165. The van der Waals surface area contributed by atoms with Gasteiger partial charge in [0.05, 0.1) is 16.7 Å². The molecule has 2 N–H and O–H groups in total. The fourth-order valence-electron chi connectivity index (χ4n) is 1.29. The largest absolute Gasteiger partial charge is 0.478 e. The summed E-state index contributed by atoms with van der Waals surface area (Å²) < 4.78 is 26.1. The zero-order chi connectivity index (χ0) is 14.5. The van der Waals surface area contributed by atoms with Crippen molar-refractivity contribution in [3.8, 4) is 6.07 Å². The van der Waals surface area contributed by atoms with Crippen LogP contribution >= 0.6 is 11.6 Å². The van der Waals surface area contributed by atoms with Crippen molar-refractivity contribution in [2.75, 3.05) is 6.54 Å². The van der Waals surface area contributed by atoms with Gasteiger partial charge in [-0.3, -0.25) is 0 Å². The number of halogens is 1. The minimum Gasteiger partial charge on any atom is -0.478 e. The van der Waals surface area contributed by atoms with Crippen molar-refractivity contribution >= 4 is 27.6 Å². The third kappa shape index (κ3) is 4.21. The third-order valence-electron chi connectivity index (χ3n) is 2.23. The Morgan fingerprint density at radius 2 is 2.16 bits per heavy atom. The second-order valence-electron chi connectivity index (χ2n) is 3.61. The molecule has 0 aliphatic heterocycles. The fraction of sp³-hybridized carbons (Fsp3) is 0.273. The number of benzene rings is 1. The molecule has 19 heavy (non-hydrogen) atoms. The molecule has 0 spiro atoms. The molecule has 1 aromatic carbocycles. The summed E-state index contributed by atoms with van der Waals surface area (Å²) in [5.74, 6) is -1.24. The van der Waals surface area contributed by atoms with Gasteiger partial charge >= 0.3 is 5.97 Å². The second-order valence-corrected chi connectivity index (χ2v) is 5.75. The minimum atomic E-state index is -3.88. The van der Waals surface area contributed by atoms with Gasteiger partial charge in [-0.1, -0.05) is 11.6 Å². The zero-order valence-corrected chi connectivity index (χ0v) is 11.3. The molecule has 0 bridgehead atoms. The van der Waals surface area contributed by atoms with Gasteiger partial charge in [0.2, 0.25) is 10.0 Å². The standard InChI is InChI=1S/C11H11ClN2O4S/c12-9-4-3-8(11(15)16)7-10(9)19(17,18)14-6-2-1-5-13/h3-4,7,14H,1-2,6H2,(H,15,16). The highest BCUT2D eigenvalue weighted by Gasteiger charge is 2.19. The lowest BCUT2D eigenvalue weighted by molar-refractivity contribution is 0.0696. The van der Waals surface area contributed by atoms with Crippen LogP contribution < -0.4 is 4.72 Å². The van der Waals surface area contributed by atoms with E-state index in [1.807, 2.05) is 6.07 Å². The van der Waals surface area contributed by atoms with Crippen LogP contribution in [-0.4, -0.2) is 26.0 Å². The molecule has 1 rings (SSSR count). The molecule has 102 valence electrons. The van der Waals surface area contributed by atoms with Gasteiger partial charge in [-0.05, 0) is 24.6 Å². The molecule has 0 saturated carbocycles. The van der Waals surface area contributed by atoms with Crippen molar-refractivity contribution in [2.45, 2.75) is 17.7 Å². The third-order valence-corrected chi connectivity index (χ3v) is 4.17. The summed E-state index contributed by atoms with van der Waals surface area (Å²) in [7, 11) is -3.88. The first-order valence-corrected chi connectivity index (χ1v) is 7.14. The molecule has 6 nitrogen and oxygen atoms in total. The Balaban J connectivity index is 2.97. The Kier molecular flexibility index (Phi) is 5.30. The van der Waals surface area contributed by atoms with Crippen LogP contribution in [0.25, 0.3) is 0 Å². The van der Waals surface area contributed by atoms with Gasteiger partial charge in [0, 0.05) is 13.0 Å². The molecule has 0 atom stereocenters. The molecule has 0 aliphatic rings. The number of nitrogens with zero attached hydrogens (tertiary/aromatic N) is 1. The topological polar surface area (TPSA) is 107 Å². The Morgan fingerprint density at radius 3 is 2.74 bits per heavy atom. The number of carbonyl (C=O) groups is 1. The van der Waals surface area contributed by atoms with Crippen molar-refractivity contribution in [3.05, 3.63) is 28.8 Å². The van der Waals surface area contributed by atoms with Gasteiger partial charge in [0.15, 0.2) is 0 Å². The number of sulfonamides is 1. The number of unbranched alkanes of at least 4 members (excludes halogenated alkanes) is 1. The van der Waals surface area contributed by atoms with E-state index in [-0.39, 0.29) is 28.4 Å². The number of nitrogens with one attached hydrogen (secondary N) is 1. The van der Waals surface area contributed by atoms with Crippen molar-refractivity contribution < 1.29 is 18.3 Å². The molecule has 8 heteroatoms. The molecule has 0 unspecified atom stereocenters. The molecular weight excluding hydrogens is 292 g/mol. The molecular formula is C11H11ClN2O4S. The van der Waals surface area contributed by atoms with Crippen LogP contribution in [-0.2, 0) is 10.0 Å². The maximum Gasteiger partial charge on any atom is 0.335 e. The summed E-state index contributed by atoms with van der Waals surface area (Å²) in [6.45, 7) is 0.0868. The van der Waals surface area contributed by atoms with Gasteiger partial charge < -0.3 is 5.11 Å². The molecule has 0 heterocycles. The SMILES string of the molecule is N#CCCCNS(=O)(=O)c1cc(C(=O)O)ccc1Cl. The number of aromatic carboxylic acids is 1. The number of rotatable bonds is 6. The van der Waals surface area contributed by atoms with E-state index in [9.17, 15) is 13.2 Å². The van der Waals surface area contributed by atoms with Crippen LogP contribution in [0.15, 0.2) is 23.1 Å². The highest BCUT2D eigenvalue weighted by molar-refractivity contribution is 7.89. The van der Waals surface area contributed by atoms with Crippen LogP contribution in [0, 0.1) is 11.3 Å². The van der Waals surface area contributed by atoms with E-state index in [4.69, 9.17) is 22.0 Å². The van der Waals surface area contributed by atoms with E-state index >= 15 is 0 Å². The van der Waals surface area contributed by atoms with Crippen molar-refractivity contribution in [2.24, 2.45) is 0 Å². The number of hydrogen-bond acceptors (Lipinski definition) is 4. The Hall–Kier alpha value is -1.62. The molecule has 0 radical (unpaired) electrons. The van der Waals surface area contributed by atoms with Crippen LogP contribution in [0.2, 0.25) is 5.02 Å². The summed E-state index contributed by atoms with van der Waals surface area (Å²) in [4.78, 5) is 10.5. The summed E-state index contributed by atoms with van der Waals surface area (Å²) >= 11 is 5.76. The molecule has 0 aromatic heterocycles. The molecule has 0 aliphatic carbocycles. The molecule has 1 aromatic rings. The summed E-state index contributed by atoms with van der Waals surface area (Å²) in [6.07, 6.45) is 0.595. The Labute approximate surface area is 115 Å². The van der Waals surface area contributed by atoms with E-state index in [2.05, 4.69) is 4.72 Å². The second kappa shape index (κ2) is 6.52. The van der Waals surface area contributed by atoms with Crippen molar-refractivity contribution in [1.82, 2.24) is 4.72 Å². The normalized spacial score (nSPS) is 10.9. The van der Waals surface area contributed by atoms with Gasteiger partial charge in [-0.15, -0.1) is 0 Å². The highest BCUT2D eigenvalue weighted by Crippen LogP contribution is 2.22. The number of nitriles is 1. The summed E-state index contributed by atoms with van der Waals surface area (Å²) in [6, 6.07) is 5.33. The van der Waals surface area contributed by atoms with Crippen LogP contribution in [0.5, 0.6) is 0 Å². The first-order chi connectivity index (χ1) is 8.88. The van der Waals surface area contributed by atoms with Crippen LogP contribution in [0.4, 0.5) is 0 Å². The monoisotopic (exact) mass is 302 g/mol. The van der Waals surface area contributed by atoms with Gasteiger partial charge in [0.25, 0.3) is 0 Å².